The van der Waals surface area contributed by atoms with Crippen LogP contribution in [0, 0.1) is 19.7 Å². The molecule has 0 heterocycles. The summed E-state index contributed by atoms with van der Waals surface area (Å²) in [6.07, 6.45) is -1.37. The van der Waals surface area contributed by atoms with Crippen LogP contribution >= 0.6 is 0 Å². The number of halogens is 1. The van der Waals surface area contributed by atoms with Crippen molar-refractivity contribution in [2.75, 3.05) is 6.54 Å². The zero-order valence-electron chi connectivity index (χ0n) is 15.7. The normalized spacial score (nSPS) is 11.5. The first-order valence-electron chi connectivity index (χ1n) is 8.78. The van der Waals surface area contributed by atoms with Crippen molar-refractivity contribution >= 4 is 17.7 Å². The quantitative estimate of drug-likeness (QED) is 0.645. The van der Waals surface area contributed by atoms with Crippen molar-refractivity contribution in [2.24, 2.45) is 0 Å². The maximum Gasteiger partial charge on any atom is 0.346 e. The summed E-state index contributed by atoms with van der Waals surface area (Å²) in [5, 5.41) is 11.7. The summed E-state index contributed by atoms with van der Waals surface area (Å²) in [4.78, 5) is 35.6. The molecule has 2 N–H and O–H groups in total. The van der Waals surface area contributed by atoms with Crippen LogP contribution in [0.2, 0.25) is 0 Å². The van der Waals surface area contributed by atoms with Gasteiger partial charge in [-0.1, -0.05) is 17.7 Å². The fourth-order valence-corrected chi connectivity index (χ4v) is 2.55. The molecular formula is C21H22FNO5. The summed E-state index contributed by atoms with van der Waals surface area (Å²) in [7, 11) is 0. The third-order valence-electron chi connectivity index (χ3n) is 4.12. The molecule has 0 bridgehead atoms. The van der Waals surface area contributed by atoms with E-state index < -0.39 is 23.8 Å². The molecule has 0 saturated heterocycles. The van der Waals surface area contributed by atoms with Crippen molar-refractivity contribution in [1.29, 1.82) is 0 Å². The zero-order chi connectivity index (χ0) is 20.7. The molecule has 148 valence electrons. The van der Waals surface area contributed by atoms with Gasteiger partial charge in [0.25, 0.3) is 0 Å². The van der Waals surface area contributed by atoms with E-state index in [-0.39, 0.29) is 30.9 Å². The minimum atomic E-state index is -1.33. The first-order valence-corrected chi connectivity index (χ1v) is 8.78. The molecule has 0 radical (unpaired) electrons. The summed E-state index contributed by atoms with van der Waals surface area (Å²) < 4.78 is 18.2. The number of carboxylic acids is 1. The van der Waals surface area contributed by atoms with Gasteiger partial charge in [0.15, 0.2) is 5.78 Å². The average molecular weight is 387 g/mol. The first-order chi connectivity index (χ1) is 13.3. The van der Waals surface area contributed by atoms with Gasteiger partial charge in [0.1, 0.15) is 11.6 Å². The van der Waals surface area contributed by atoms with Gasteiger partial charge in [-0.2, -0.15) is 0 Å². The van der Waals surface area contributed by atoms with Gasteiger partial charge in [-0.05, 0) is 49.7 Å². The average Bonchev–Trinajstić information content (AvgIpc) is 2.66. The number of ketones is 1. The van der Waals surface area contributed by atoms with Crippen molar-refractivity contribution < 1.29 is 28.6 Å². The Morgan fingerprint density at radius 2 is 1.75 bits per heavy atom. The van der Waals surface area contributed by atoms with Crippen molar-refractivity contribution in [3.05, 3.63) is 65.0 Å². The van der Waals surface area contributed by atoms with E-state index in [1.165, 1.54) is 12.1 Å². The van der Waals surface area contributed by atoms with E-state index in [1.807, 2.05) is 26.0 Å². The van der Waals surface area contributed by atoms with Crippen molar-refractivity contribution in [2.45, 2.75) is 32.8 Å². The van der Waals surface area contributed by atoms with Crippen molar-refractivity contribution in [3.63, 3.8) is 0 Å². The Labute approximate surface area is 162 Å². The maximum absolute atomic E-state index is 12.9. The fourth-order valence-electron chi connectivity index (χ4n) is 2.55. The maximum atomic E-state index is 12.9. The van der Waals surface area contributed by atoms with Gasteiger partial charge < -0.3 is 15.2 Å². The molecule has 7 heteroatoms. The van der Waals surface area contributed by atoms with Gasteiger partial charge in [-0.25, -0.2) is 9.18 Å². The molecular weight excluding hydrogens is 365 g/mol. The molecule has 0 spiro atoms. The molecule has 0 aliphatic heterocycles. The molecule has 1 amide bonds. The van der Waals surface area contributed by atoms with Gasteiger partial charge in [-0.15, -0.1) is 0 Å². The standard InChI is InChI=1S/C21H22FNO5/c1-13-3-4-14(2)17(11-13)18(24)9-10-20(25)23-12-19(21(26)27)28-16-7-5-15(22)6-8-16/h3-8,11,19H,9-10,12H2,1-2H3,(H,23,25)(H,26,27). The lowest BCUT2D eigenvalue weighted by molar-refractivity contribution is -0.145. The topological polar surface area (TPSA) is 92.7 Å². The van der Waals surface area contributed by atoms with Gasteiger partial charge in [0.2, 0.25) is 12.0 Å². The predicted octanol–water partition coefficient (Wildman–Crippen LogP) is 3.05. The number of rotatable bonds is 9. The van der Waals surface area contributed by atoms with Crippen LogP contribution in [0.25, 0.3) is 0 Å². The summed E-state index contributed by atoms with van der Waals surface area (Å²) in [5.74, 6) is -2.16. The number of carboxylic acid groups (broad SMARTS) is 1. The van der Waals surface area contributed by atoms with E-state index >= 15 is 0 Å². The van der Waals surface area contributed by atoms with Crippen LogP contribution in [0.1, 0.15) is 34.3 Å². The van der Waals surface area contributed by atoms with E-state index in [1.54, 1.807) is 6.07 Å². The number of nitrogens with one attached hydrogen (secondary N) is 1. The third kappa shape index (κ3) is 6.19. The fraction of sp³-hybridized carbons (Fsp3) is 0.286. The molecule has 0 aromatic heterocycles. The van der Waals surface area contributed by atoms with Crippen LogP contribution in [0.5, 0.6) is 5.75 Å². The van der Waals surface area contributed by atoms with Crippen LogP contribution in [-0.4, -0.2) is 35.4 Å². The number of ether oxygens (including phenoxy) is 1. The summed E-state index contributed by atoms with van der Waals surface area (Å²) in [6, 6.07) is 10.4. The van der Waals surface area contributed by atoms with Crippen LogP contribution < -0.4 is 10.1 Å². The summed E-state index contributed by atoms with van der Waals surface area (Å²) in [5.41, 5.74) is 2.38. The first kappa shape index (κ1) is 21.1. The lowest BCUT2D eigenvalue weighted by Crippen LogP contribution is -2.40. The number of carbonyl (C=O) groups excluding carboxylic acids is 2. The van der Waals surface area contributed by atoms with E-state index in [4.69, 9.17) is 4.74 Å². The minimum absolute atomic E-state index is 0.0205. The van der Waals surface area contributed by atoms with Gasteiger partial charge >= 0.3 is 5.97 Å². The molecule has 0 saturated carbocycles. The number of hydrogen-bond donors (Lipinski definition) is 2. The van der Waals surface area contributed by atoms with Gasteiger partial charge in [0.05, 0.1) is 6.54 Å². The Hall–Kier alpha value is -3.22. The zero-order valence-corrected chi connectivity index (χ0v) is 15.7. The molecule has 6 nitrogen and oxygen atoms in total. The Balaban J connectivity index is 1.85. The Morgan fingerprint density at radius 3 is 2.39 bits per heavy atom. The monoisotopic (exact) mass is 387 g/mol. The smallest absolute Gasteiger partial charge is 0.346 e. The summed E-state index contributed by atoms with van der Waals surface area (Å²) in [6.45, 7) is 3.44. The van der Waals surface area contributed by atoms with E-state index in [0.29, 0.717) is 5.56 Å². The number of aliphatic carboxylic acids is 1. The molecule has 0 fully saturated rings. The third-order valence-corrected chi connectivity index (χ3v) is 4.12. The second-order valence-corrected chi connectivity index (χ2v) is 6.44. The predicted molar refractivity (Wildman–Crippen MR) is 101 cm³/mol. The molecule has 1 unspecified atom stereocenters. The highest BCUT2D eigenvalue weighted by Crippen LogP contribution is 2.15. The number of carbonyl (C=O) groups is 3. The second-order valence-electron chi connectivity index (χ2n) is 6.44. The molecule has 1 atom stereocenters. The highest BCUT2D eigenvalue weighted by atomic mass is 19.1. The summed E-state index contributed by atoms with van der Waals surface area (Å²) >= 11 is 0. The van der Waals surface area contributed by atoms with Crippen molar-refractivity contribution in [3.8, 4) is 5.75 Å². The number of amides is 1. The lowest BCUT2D eigenvalue weighted by atomic mass is 9.99. The Kier molecular flexibility index (Phi) is 7.26. The van der Waals surface area contributed by atoms with E-state index in [2.05, 4.69) is 5.32 Å². The molecule has 28 heavy (non-hydrogen) atoms. The Morgan fingerprint density at radius 1 is 1.07 bits per heavy atom. The van der Waals surface area contributed by atoms with Crippen molar-refractivity contribution in [1.82, 2.24) is 5.32 Å². The number of aryl methyl sites for hydroxylation is 2. The minimum Gasteiger partial charge on any atom is -0.478 e. The highest BCUT2D eigenvalue weighted by Gasteiger charge is 2.21. The van der Waals surface area contributed by atoms with Crippen LogP contribution in [0.3, 0.4) is 0 Å². The second kappa shape index (κ2) is 9.64. The van der Waals surface area contributed by atoms with Crippen LogP contribution in [-0.2, 0) is 9.59 Å². The molecule has 2 rings (SSSR count). The van der Waals surface area contributed by atoms with E-state index in [0.717, 1.165) is 23.3 Å². The van der Waals surface area contributed by atoms with Gasteiger partial charge in [-0.3, -0.25) is 9.59 Å². The molecule has 0 aliphatic carbocycles. The number of Topliss-reactive ketones (excluding diaryl/α,β-unsaturated/α-hetero) is 1. The SMILES string of the molecule is Cc1ccc(C)c(C(=O)CCC(=O)NCC(Oc2ccc(F)cc2)C(=O)O)c1. The van der Waals surface area contributed by atoms with Gasteiger partial charge in [0, 0.05) is 18.4 Å². The largest absolute Gasteiger partial charge is 0.478 e. The molecule has 0 aliphatic rings. The molecule has 2 aromatic rings. The lowest BCUT2D eigenvalue weighted by Gasteiger charge is -2.16. The Bertz CT molecular complexity index is 864. The number of hydrogen-bond acceptors (Lipinski definition) is 4. The van der Waals surface area contributed by atoms with Crippen LogP contribution in [0.4, 0.5) is 4.39 Å². The van der Waals surface area contributed by atoms with Crippen LogP contribution in [0.15, 0.2) is 42.5 Å². The van der Waals surface area contributed by atoms with E-state index in [9.17, 15) is 23.9 Å². The molecule has 2 aromatic carbocycles. The highest BCUT2D eigenvalue weighted by molar-refractivity contribution is 5.99. The number of benzene rings is 2.